The van der Waals surface area contributed by atoms with Crippen molar-refractivity contribution in [1.29, 1.82) is 0 Å². The van der Waals surface area contributed by atoms with E-state index in [1.807, 2.05) is 13.8 Å². The maximum absolute atomic E-state index is 10.4. The number of ether oxygens (including phenoxy) is 4. The second kappa shape index (κ2) is 11.8. The van der Waals surface area contributed by atoms with Crippen molar-refractivity contribution in [2.45, 2.75) is 121 Å². The summed E-state index contributed by atoms with van der Waals surface area (Å²) in [6.07, 6.45) is -10.3. The van der Waals surface area contributed by atoms with Gasteiger partial charge in [0, 0.05) is 0 Å². The molecule has 3 aliphatic rings. The molecule has 0 aromatic carbocycles. The number of hydrogen-bond acceptors (Lipinski definition) is 11. The molecule has 0 radical (unpaired) electrons. The number of hydrogen-bond donors (Lipinski definition) is 7. The van der Waals surface area contributed by atoms with E-state index in [1.54, 1.807) is 0 Å². The van der Waals surface area contributed by atoms with Gasteiger partial charge in [-0.25, -0.2) is 0 Å². The fourth-order valence-electron chi connectivity index (χ4n) is 5.32. The highest BCUT2D eigenvalue weighted by atomic mass is 16.7. The van der Waals surface area contributed by atoms with Crippen LogP contribution in [0.3, 0.4) is 0 Å². The monoisotopic (exact) mass is 506 g/mol. The summed E-state index contributed by atoms with van der Waals surface area (Å²) in [7, 11) is 0. The van der Waals surface area contributed by atoms with E-state index in [0.29, 0.717) is 19.3 Å². The topological polar surface area (TPSA) is 179 Å². The molecule has 2 heterocycles. The molecule has 3 rings (SSSR count). The van der Waals surface area contributed by atoms with Crippen LogP contribution in [0, 0.1) is 5.41 Å². The zero-order valence-electron chi connectivity index (χ0n) is 20.9. The van der Waals surface area contributed by atoms with Crippen LogP contribution in [0.1, 0.15) is 53.4 Å². The Balaban J connectivity index is 1.55. The molecule has 0 unspecified atom stereocenters. The van der Waals surface area contributed by atoms with E-state index in [-0.39, 0.29) is 30.8 Å². The standard InChI is InChI=1S/C24H42O11/c1-11-7-13(25)8-24(3,4)14(11)6-5-12(2)34-23-21(31)19(29)18(28)16(35-23)10-33-22-20(30)17(27)15(26)9-32-22/h12-13,15-23,25-31H,5-10H2,1-4H3/t12-,13+,15+,16-,17+,18+,19+,20+,21-,22-,23-/m1/s1. The van der Waals surface area contributed by atoms with E-state index < -0.39 is 55.3 Å². The van der Waals surface area contributed by atoms with E-state index in [1.165, 1.54) is 11.1 Å². The minimum atomic E-state index is -1.55. The van der Waals surface area contributed by atoms with Gasteiger partial charge in [-0.1, -0.05) is 25.0 Å². The fraction of sp³-hybridized carbons (Fsp3) is 0.917. The lowest BCUT2D eigenvalue weighted by molar-refractivity contribution is -0.326. The first kappa shape index (κ1) is 28.9. The summed E-state index contributed by atoms with van der Waals surface area (Å²) < 4.78 is 22.2. The Morgan fingerprint density at radius 3 is 2.26 bits per heavy atom. The van der Waals surface area contributed by atoms with Crippen LogP contribution in [0.15, 0.2) is 11.1 Å². The molecule has 2 saturated heterocycles. The summed E-state index contributed by atoms with van der Waals surface area (Å²) in [4.78, 5) is 0. The average Bonchev–Trinajstić information content (AvgIpc) is 2.76. The first-order chi connectivity index (χ1) is 16.3. The van der Waals surface area contributed by atoms with Crippen molar-refractivity contribution in [3.05, 3.63) is 11.1 Å². The van der Waals surface area contributed by atoms with Gasteiger partial charge in [0.15, 0.2) is 12.6 Å². The lowest BCUT2D eigenvalue weighted by Gasteiger charge is -2.42. The van der Waals surface area contributed by atoms with E-state index in [0.717, 1.165) is 6.42 Å². The lowest BCUT2D eigenvalue weighted by Crippen LogP contribution is -2.60. The molecule has 0 aromatic heterocycles. The van der Waals surface area contributed by atoms with Crippen molar-refractivity contribution in [2.75, 3.05) is 13.2 Å². The van der Waals surface area contributed by atoms with Gasteiger partial charge in [0.1, 0.15) is 42.7 Å². The highest BCUT2D eigenvalue weighted by molar-refractivity contribution is 5.24. The van der Waals surface area contributed by atoms with Crippen LogP contribution in [0.5, 0.6) is 0 Å². The molecule has 0 aromatic rings. The quantitative estimate of drug-likeness (QED) is 0.199. The zero-order chi connectivity index (χ0) is 26.1. The molecule has 2 aliphatic heterocycles. The second-order valence-corrected chi connectivity index (χ2v) is 10.8. The normalized spacial score (nSPS) is 43.3. The Labute approximate surface area is 205 Å². The fourth-order valence-corrected chi connectivity index (χ4v) is 5.32. The molecule has 11 nitrogen and oxygen atoms in total. The molecule has 1 aliphatic carbocycles. The van der Waals surface area contributed by atoms with Gasteiger partial charge in [0.2, 0.25) is 0 Å². The number of aliphatic hydroxyl groups excluding tert-OH is 7. The van der Waals surface area contributed by atoms with Gasteiger partial charge in [0.05, 0.1) is 25.4 Å². The predicted molar refractivity (Wildman–Crippen MR) is 122 cm³/mol. The van der Waals surface area contributed by atoms with Crippen molar-refractivity contribution < 1.29 is 54.7 Å². The van der Waals surface area contributed by atoms with Gasteiger partial charge >= 0.3 is 0 Å². The maximum Gasteiger partial charge on any atom is 0.186 e. The number of aliphatic hydroxyl groups is 7. The van der Waals surface area contributed by atoms with E-state index >= 15 is 0 Å². The van der Waals surface area contributed by atoms with Gasteiger partial charge in [-0.3, -0.25) is 0 Å². The lowest BCUT2D eigenvalue weighted by atomic mass is 9.70. The first-order valence-electron chi connectivity index (χ1n) is 12.3. The highest BCUT2D eigenvalue weighted by Gasteiger charge is 2.46. The third-order valence-corrected chi connectivity index (χ3v) is 7.33. The molecule has 0 amide bonds. The zero-order valence-corrected chi connectivity index (χ0v) is 20.9. The van der Waals surface area contributed by atoms with Crippen molar-refractivity contribution >= 4 is 0 Å². The summed E-state index contributed by atoms with van der Waals surface area (Å²) in [5.74, 6) is 0. The predicted octanol–water partition coefficient (Wildman–Crippen LogP) is -1.07. The summed E-state index contributed by atoms with van der Waals surface area (Å²) in [5, 5.41) is 70.5. The van der Waals surface area contributed by atoms with Crippen LogP contribution in [-0.2, 0) is 18.9 Å². The summed E-state index contributed by atoms with van der Waals surface area (Å²) in [5.41, 5.74) is 2.33. The molecule has 2 fully saturated rings. The molecular weight excluding hydrogens is 464 g/mol. The van der Waals surface area contributed by atoms with Gasteiger partial charge < -0.3 is 54.7 Å². The van der Waals surface area contributed by atoms with Crippen LogP contribution in [0.2, 0.25) is 0 Å². The van der Waals surface area contributed by atoms with Crippen molar-refractivity contribution in [3.8, 4) is 0 Å². The number of allylic oxidation sites excluding steroid dienone is 1. The molecular formula is C24H42O11. The smallest absolute Gasteiger partial charge is 0.186 e. The van der Waals surface area contributed by atoms with E-state index in [2.05, 4.69) is 13.8 Å². The average molecular weight is 507 g/mol. The Morgan fingerprint density at radius 1 is 0.943 bits per heavy atom. The molecule has 0 spiro atoms. The summed E-state index contributed by atoms with van der Waals surface area (Å²) >= 11 is 0. The third kappa shape index (κ3) is 6.79. The van der Waals surface area contributed by atoms with E-state index in [9.17, 15) is 35.7 Å². The third-order valence-electron chi connectivity index (χ3n) is 7.33. The van der Waals surface area contributed by atoms with Crippen molar-refractivity contribution in [2.24, 2.45) is 5.41 Å². The minimum absolute atomic E-state index is 0.125. The van der Waals surface area contributed by atoms with Crippen LogP contribution in [0.4, 0.5) is 0 Å². The maximum atomic E-state index is 10.4. The molecule has 0 saturated carbocycles. The molecule has 11 heteroatoms. The largest absolute Gasteiger partial charge is 0.393 e. The summed E-state index contributed by atoms with van der Waals surface area (Å²) in [6.45, 7) is 7.53. The Morgan fingerprint density at radius 2 is 1.60 bits per heavy atom. The van der Waals surface area contributed by atoms with Crippen LogP contribution in [0.25, 0.3) is 0 Å². The molecule has 204 valence electrons. The Kier molecular flexibility index (Phi) is 9.72. The molecule has 0 bridgehead atoms. The minimum Gasteiger partial charge on any atom is -0.393 e. The van der Waals surface area contributed by atoms with E-state index in [4.69, 9.17) is 18.9 Å². The Hall–Kier alpha value is -0.700. The molecule has 7 N–H and O–H groups in total. The van der Waals surface area contributed by atoms with Gasteiger partial charge in [-0.2, -0.15) is 0 Å². The Bertz CT molecular complexity index is 728. The summed E-state index contributed by atoms with van der Waals surface area (Å²) in [6, 6.07) is 0. The van der Waals surface area contributed by atoms with Crippen LogP contribution < -0.4 is 0 Å². The highest BCUT2D eigenvalue weighted by Crippen LogP contribution is 2.42. The van der Waals surface area contributed by atoms with Gasteiger partial charge in [0.25, 0.3) is 0 Å². The SMILES string of the molecule is CC1=C(CC[C@@H](C)O[C@@H]2O[C@H](CO[C@H]3OC[C@H](O)[C@H](O)[C@@H]3O)[C@H](O)[C@H](O)[C@H]2O)C(C)(C)C[C@@H](O)C1. The van der Waals surface area contributed by atoms with Gasteiger partial charge in [-0.05, 0) is 44.9 Å². The van der Waals surface area contributed by atoms with Crippen molar-refractivity contribution in [3.63, 3.8) is 0 Å². The molecule has 35 heavy (non-hydrogen) atoms. The van der Waals surface area contributed by atoms with Gasteiger partial charge in [-0.15, -0.1) is 0 Å². The van der Waals surface area contributed by atoms with Crippen LogP contribution >= 0.6 is 0 Å². The second-order valence-electron chi connectivity index (χ2n) is 10.8. The van der Waals surface area contributed by atoms with Crippen LogP contribution in [-0.4, -0.2) is 116 Å². The van der Waals surface area contributed by atoms with Crippen molar-refractivity contribution in [1.82, 2.24) is 0 Å². The first-order valence-corrected chi connectivity index (χ1v) is 12.3. The number of rotatable bonds is 8. The molecule has 11 atom stereocenters.